The van der Waals surface area contributed by atoms with Crippen LogP contribution in [-0.4, -0.2) is 20.2 Å². The minimum atomic E-state index is 0.191. The van der Waals surface area contributed by atoms with Crippen molar-refractivity contribution in [3.05, 3.63) is 57.8 Å². The van der Waals surface area contributed by atoms with Crippen molar-refractivity contribution in [2.45, 2.75) is 38.3 Å². The molecule has 2 aromatic heterocycles. The summed E-state index contributed by atoms with van der Waals surface area (Å²) in [5, 5.41) is 17.7. The third-order valence-electron chi connectivity index (χ3n) is 4.43. The first kappa shape index (κ1) is 14.4. The second-order valence-corrected chi connectivity index (χ2v) is 7.21. The van der Waals surface area contributed by atoms with Crippen LogP contribution in [0.2, 0.25) is 0 Å². The van der Waals surface area contributed by atoms with E-state index in [2.05, 4.69) is 76.5 Å². The molecule has 0 fully saturated rings. The molecule has 0 saturated heterocycles. The lowest BCUT2D eigenvalue weighted by molar-refractivity contribution is 0.429. The van der Waals surface area contributed by atoms with E-state index in [-0.39, 0.29) is 12.1 Å². The van der Waals surface area contributed by atoms with Crippen LogP contribution in [0.5, 0.6) is 0 Å². The molecule has 1 aromatic carbocycles. The number of fused-ring (bicyclic) bond motifs is 1. The normalized spacial score (nSPS) is 20.3. The van der Waals surface area contributed by atoms with Crippen LogP contribution in [0.15, 0.2) is 41.8 Å². The minimum Gasteiger partial charge on any atom is -0.346 e. The van der Waals surface area contributed by atoms with E-state index in [1.54, 1.807) is 11.3 Å². The third-order valence-corrected chi connectivity index (χ3v) is 5.40. The first-order valence-electron chi connectivity index (χ1n) is 7.90. The molecule has 0 unspecified atom stereocenters. The van der Waals surface area contributed by atoms with Crippen molar-refractivity contribution in [3.63, 3.8) is 0 Å². The summed E-state index contributed by atoms with van der Waals surface area (Å²) in [6.07, 6.45) is 0.944. The van der Waals surface area contributed by atoms with Crippen LogP contribution in [-0.2, 0) is 0 Å². The molecule has 3 heterocycles. The second-order valence-electron chi connectivity index (χ2n) is 6.23. The van der Waals surface area contributed by atoms with E-state index in [9.17, 15) is 0 Å². The van der Waals surface area contributed by atoms with Gasteiger partial charge in [-0.15, -0.1) is 11.3 Å². The van der Waals surface area contributed by atoms with Crippen LogP contribution >= 0.6 is 11.3 Å². The van der Waals surface area contributed by atoms with Gasteiger partial charge in [-0.05, 0) is 45.3 Å². The van der Waals surface area contributed by atoms with Crippen molar-refractivity contribution < 1.29 is 0 Å². The highest BCUT2D eigenvalue weighted by atomic mass is 32.1. The van der Waals surface area contributed by atoms with Crippen molar-refractivity contribution in [3.8, 4) is 0 Å². The third kappa shape index (κ3) is 2.63. The molecule has 0 aliphatic carbocycles. The van der Waals surface area contributed by atoms with Crippen LogP contribution < -0.4 is 5.32 Å². The van der Waals surface area contributed by atoms with Gasteiger partial charge in [0, 0.05) is 4.88 Å². The van der Waals surface area contributed by atoms with Crippen molar-refractivity contribution in [2.24, 2.45) is 0 Å². The SMILES string of the molecule is CC(C)c1ccc([C@@H]2C[C@H](c3cccs3)n3nnnc3N2)cc1. The molecular weight excluding hydrogens is 306 g/mol. The van der Waals surface area contributed by atoms with E-state index < -0.39 is 0 Å². The maximum Gasteiger partial charge on any atom is 0.244 e. The largest absolute Gasteiger partial charge is 0.346 e. The minimum absolute atomic E-state index is 0.191. The van der Waals surface area contributed by atoms with Gasteiger partial charge in [0.25, 0.3) is 0 Å². The number of benzene rings is 1. The molecule has 4 rings (SSSR count). The summed E-state index contributed by atoms with van der Waals surface area (Å²) in [7, 11) is 0. The van der Waals surface area contributed by atoms with Crippen molar-refractivity contribution >= 4 is 17.3 Å². The number of hydrogen-bond acceptors (Lipinski definition) is 5. The maximum absolute atomic E-state index is 4.16. The summed E-state index contributed by atoms with van der Waals surface area (Å²) in [6, 6.07) is 13.5. The standard InChI is InChI=1S/C17H19N5S/c1-11(2)12-5-7-13(8-6-12)14-10-15(16-4-3-9-23-16)22-17(18-14)19-20-21-22/h3-9,11,14-15H,10H2,1-2H3,(H,18,19,21)/t14-,15+/m0/s1. The Labute approximate surface area is 139 Å². The molecular formula is C17H19N5S. The van der Waals surface area contributed by atoms with E-state index in [4.69, 9.17) is 0 Å². The zero-order valence-corrected chi connectivity index (χ0v) is 14.0. The molecule has 6 heteroatoms. The van der Waals surface area contributed by atoms with Gasteiger partial charge in [0.15, 0.2) is 0 Å². The zero-order valence-electron chi connectivity index (χ0n) is 13.2. The van der Waals surface area contributed by atoms with E-state index in [0.29, 0.717) is 5.92 Å². The molecule has 1 N–H and O–H groups in total. The van der Waals surface area contributed by atoms with E-state index >= 15 is 0 Å². The van der Waals surface area contributed by atoms with Gasteiger partial charge in [-0.2, -0.15) is 0 Å². The second kappa shape index (κ2) is 5.77. The molecule has 0 bridgehead atoms. The Morgan fingerprint density at radius 1 is 1.22 bits per heavy atom. The number of anilines is 1. The predicted molar refractivity (Wildman–Crippen MR) is 91.8 cm³/mol. The van der Waals surface area contributed by atoms with Crippen molar-refractivity contribution in [2.75, 3.05) is 5.32 Å². The van der Waals surface area contributed by atoms with Crippen molar-refractivity contribution in [1.29, 1.82) is 0 Å². The molecule has 0 radical (unpaired) electrons. The van der Waals surface area contributed by atoms with Crippen LogP contribution in [0.4, 0.5) is 5.95 Å². The van der Waals surface area contributed by atoms with Crippen LogP contribution in [0.3, 0.4) is 0 Å². The average molecular weight is 325 g/mol. The lowest BCUT2D eigenvalue weighted by Crippen LogP contribution is -2.27. The van der Waals surface area contributed by atoms with Gasteiger partial charge in [-0.25, -0.2) is 4.68 Å². The summed E-state index contributed by atoms with van der Waals surface area (Å²) < 4.78 is 1.89. The molecule has 0 spiro atoms. The zero-order chi connectivity index (χ0) is 15.8. The van der Waals surface area contributed by atoms with E-state index in [1.165, 1.54) is 16.0 Å². The summed E-state index contributed by atoms with van der Waals surface area (Å²) in [5.74, 6) is 1.29. The van der Waals surface area contributed by atoms with E-state index in [0.717, 1.165) is 12.4 Å². The van der Waals surface area contributed by atoms with Crippen LogP contribution in [0.1, 0.15) is 54.3 Å². The van der Waals surface area contributed by atoms with Gasteiger partial charge in [0.1, 0.15) is 0 Å². The summed E-state index contributed by atoms with van der Waals surface area (Å²) in [5.41, 5.74) is 2.65. The lowest BCUT2D eigenvalue weighted by atomic mass is 9.94. The van der Waals surface area contributed by atoms with Gasteiger partial charge in [-0.3, -0.25) is 0 Å². The highest BCUT2D eigenvalue weighted by molar-refractivity contribution is 7.10. The number of nitrogens with one attached hydrogen (secondary N) is 1. The van der Waals surface area contributed by atoms with Gasteiger partial charge >= 0.3 is 0 Å². The highest BCUT2D eigenvalue weighted by Gasteiger charge is 2.31. The summed E-state index contributed by atoms with van der Waals surface area (Å²) in [6.45, 7) is 4.43. The number of aromatic nitrogens is 4. The molecule has 3 aromatic rings. The first-order chi connectivity index (χ1) is 11.2. The number of hydrogen-bond donors (Lipinski definition) is 1. The molecule has 23 heavy (non-hydrogen) atoms. The summed E-state index contributed by atoms with van der Waals surface area (Å²) in [4.78, 5) is 1.30. The van der Waals surface area contributed by atoms with E-state index in [1.807, 2.05) is 4.68 Å². The van der Waals surface area contributed by atoms with Crippen LogP contribution in [0, 0.1) is 0 Å². The Morgan fingerprint density at radius 2 is 2.04 bits per heavy atom. The fourth-order valence-corrected chi connectivity index (χ4v) is 3.91. The fraction of sp³-hybridized carbons (Fsp3) is 0.353. The molecule has 1 aliphatic heterocycles. The Kier molecular flexibility index (Phi) is 3.61. The van der Waals surface area contributed by atoms with Gasteiger partial charge in [-0.1, -0.05) is 49.3 Å². The van der Waals surface area contributed by atoms with Gasteiger partial charge in [0.2, 0.25) is 5.95 Å². The maximum atomic E-state index is 4.16. The van der Waals surface area contributed by atoms with Crippen LogP contribution in [0.25, 0.3) is 0 Å². The molecule has 1 aliphatic rings. The molecule has 0 amide bonds. The molecule has 5 nitrogen and oxygen atoms in total. The Balaban J connectivity index is 1.66. The summed E-state index contributed by atoms with van der Waals surface area (Å²) >= 11 is 1.76. The number of rotatable bonds is 3. The predicted octanol–water partition coefficient (Wildman–Crippen LogP) is 4.00. The molecule has 118 valence electrons. The lowest BCUT2D eigenvalue weighted by Gasteiger charge is -2.30. The monoisotopic (exact) mass is 325 g/mol. The van der Waals surface area contributed by atoms with Gasteiger partial charge < -0.3 is 5.32 Å². The Bertz CT molecular complexity index is 776. The number of nitrogens with zero attached hydrogens (tertiary/aromatic N) is 4. The average Bonchev–Trinajstić information content (AvgIpc) is 3.25. The van der Waals surface area contributed by atoms with Crippen molar-refractivity contribution in [1.82, 2.24) is 20.2 Å². The Morgan fingerprint density at radius 3 is 2.74 bits per heavy atom. The molecule has 2 atom stereocenters. The highest BCUT2D eigenvalue weighted by Crippen LogP contribution is 2.38. The quantitative estimate of drug-likeness (QED) is 0.790. The molecule has 0 saturated carbocycles. The smallest absolute Gasteiger partial charge is 0.244 e. The van der Waals surface area contributed by atoms with Gasteiger partial charge in [0.05, 0.1) is 12.1 Å². The first-order valence-corrected chi connectivity index (χ1v) is 8.78. The number of tetrazole rings is 1. The Hall–Kier alpha value is -2.21. The number of thiophene rings is 1. The fourth-order valence-electron chi connectivity index (χ4n) is 3.09. The topological polar surface area (TPSA) is 55.6 Å².